The average molecular weight is 249 g/mol. The molecule has 1 fully saturated rings. The van der Waals surface area contributed by atoms with Gasteiger partial charge in [-0.3, -0.25) is 9.59 Å². The van der Waals surface area contributed by atoms with Crippen LogP contribution in [0.1, 0.15) is 16.8 Å². The molecule has 1 saturated heterocycles. The van der Waals surface area contributed by atoms with Crippen LogP contribution in [-0.4, -0.2) is 43.9 Å². The molecule has 1 aliphatic heterocycles. The van der Waals surface area contributed by atoms with Crippen molar-refractivity contribution in [3.05, 3.63) is 23.8 Å². The monoisotopic (exact) mass is 249 g/mol. The number of hydrogen-bond acceptors (Lipinski definition) is 4. The number of ether oxygens (including phenoxy) is 2. The van der Waals surface area contributed by atoms with E-state index in [0.29, 0.717) is 36.3 Å². The summed E-state index contributed by atoms with van der Waals surface area (Å²) in [6, 6.07) is 4.92. The molecule has 0 spiro atoms. The van der Waals surface area contributed by atoms with E-state index in [2.05, 4.69) is 0 Å². The molecule has 2 rings (SSSR count). The highest BCUT2D eigenvalue weighted by Crippen LogP contribution is 2.26. The molecule has 1 unspecified atom stereocenters. The van der Waals surface area contributed by atoms with Crippen LogP contribution < -0.4 is 9.47 Å². The van der Waals surface area contributed by atoms with Crippen molar-refractivity contribution in [3.8, 4) is 11.5 Å². The Balaban J connectivity index is 2.22. The van der Waals surface area contributed by atoms with E-state index in [9.17, 15) is 9.59 Å². The van der Waals surface area contributed by atoms with Gasteiger partial charge in [-0.05, 0) is 12.1 Å². The first-order valence-corrected chi connectivity index (χ1v) is 5.70. The van der Waals surface area contributed by atoms with Gasteiger partial charge in [-0.1, -0.05) is 0 Å². The Morgan fingerprint density at radius 1 is 1.44 bits per heavy atom. The van der Waals surface area contributed by atoms with Crippen LogP contribution in [0.2, 0.25) is 0 Å². The van der Waals surface area contributed by atoms with Crippen LogP contribution in [0.15, 0.2) is 18.2 Å². The lowest BCUT2D eigenvalue weighted by atomic mass is 10.2. The highest BCUT2D eigenvalue weighted by atomic mass is 16.5. The van der Waals surface area contributed by atoms with E-state index < -0.39 is 6.10 Å². The lowest BCUT2D eigenvalue weighted by Gasteiger charge is -2.15. The van der Waals surface area contributed by atoms with Gasteiger partial charge in [-0.15, -0.1) is 0 Å². The van der Waals surface area contributed by atoms with Crippen LogP contribution in [0.4, 0.5) is 0 Å². The van der Waals surface area contributed by atoms with Crippen molar-refractivity contribution < 1.29 is 19.1 Å². The summed E-state index contributed by atoms with van der Waals surface area (Å²) in [6.07, 6.45) is 0.823. The number of amides is 1. The van der Waals surface area contributed by atoms with Gasteiger partial charge in [-0.25, -0.2) is 0 Å². The van der Waals surface area contributed by atoms with Gasteiger partial charge in [0, 0.05) is 26.1 Å². The molecular formula is C13H15NO4. The minimum atomic E-state index is -0.513. The zero-order valence-corrected chi connectivity index (χ0v) is 10.4. The van der Waals surface area contributed by atoms with E-state index in [4.69, 9.17) is 9.47 Å². The topological polar surface area (TPSA) is 55.8 Å². The van der Waals surface area contributed by atoms with Gasteiger partial charge in [-0.2, -0.15) is 0 Å². The molecule has 1 aliphatic rings. The first kappa shape index (κ1) is 12.4. The third kappa shape index (κ3) is 2.30. The zero-order valence-electron chi connectivity index (χ0n) is 10.4. The van der Waals surface area contributed by atoms with E-state index >= 15 is 0 Å². The lowest BCUT2D eigenvalue weighted by molar-refractivity contribution is -0.132. The van der Waals surface area contributed by atoms with Crippen molar-refractivity contribution >= 4 is 12.2 Å². The molecule has 5 heteroatoms. The second kappa shape index (κ2) is 5.08. The lowest BCUT2D eigenvalue weighted by Crippen LogP contribution is -2.29. The van der Waals surface area contributed by atoms with E-state index in [1.54, 1.807) is 30.1 Å². The van der Waals surface area contributed by atoms with E-state index in [0.717, 1.165) is 0 Å². The predicted octanol–water partition coefficient (Wildman–Crippen LogP) is 1.12. The number of rotatable bonds is 4. The second-order valence-corrected chi connectivity index (χ2v) is 4.18. The Kier molecular flexibility index (Phi) is 3.50. The maximum atomic E-state index is 11.7. The molecule has 5 nitrogen and oxygen atoms in total. The highest BCUT2D eigenvalue weighted by Gasteiger charge is 2.31. The number of likely N-dealkylation sites (tertiary alicyclic amines) is 1. The fraction of sp³-hybridized carbons (Fsp3) is 0.385. The van der Waals surface area contributed by atoms with E-state index in [1.165, 1.54) is 7.11 Å². The summed E-state index contributed by atoms with van der Waals surface area (Å²) in [5.74, 6) is 0.919. The first-order chi connectivity index (χ1) is 8.65. The molecule has 1 amide bonds. The Bertz CT molecular complexity index is 472. The maximum Gasteiger partial charge on any atom is 0.263 e. The quantitative estimate of drug-likeness (QED) is 0.750. The Morgan fingerprint density at radius 3 is 2.78 bits per heavy atom. The number of methoxy groups -OCH3 is 1. The molecule has 18 heavy (non-hydrogen) atoms. The highest BCUT2D eigenvalue weighted by molar-refractivity contribution is 5.84. The SMILES string of the molecule is COc1ccc(C=O)c(OC2CCN(C)C2=O)c1. The fourth-order valence-electron chi connectivity index (χ4n) is 1.89. The standard InChI is InChI=1S/C13H15NO4/c1-14-6-5-11(13(14)16)18-12-7-10(17-2)4-3-9(12)8-15/h3-4,7-8,11H,5-6H2,1-2H3. The summed E-state index contributed by atoms with van der Waals surface area (Å²) in [6.45, 7) is 0.671. The summed E-state index contributed by atoms with van der Waals surface area (Å²) >= 11 is 0. The van der Waals surface area contributed by atoms with Crippen molar-refractivity contribution in [1.82, 2.24) is 4.90 Å². The van der Waals surface area contributed by atoms with Gasteiger partial charge >= 0.3 is 0 Å². The predicted molar refractivity (Wildman–Crippen MR) is 65.1 cm³/mol. The van der Waals surface area contributed by atoms with Crippen LogP contribution >= 0.6 is 0 Å². The number of hydrogen-bond donors (Lipinski definition) is 0. The van der Waals surface area contributed by atoms with Crippen molar-refractivity contribution in [2.45, 2.75) is 12.5 Å². The van der Waals surface area contributed by atoms with Gasteiger partial charge in [0.15, 0.2) is 12.4 Å². The van der Waals surface area contributed by atoms with E-state index in [1.807, 2.05) is 0 Å². The number of nitrogens with zero attached hydrogens (tertiary/aromatic N) is 1. The van der Waals surface area contributed by atoms with Gasteiger partial charge in [0.2, 0.25) is 0 Å². The summed E-state index contributed by atoms with van der Waals surface area (Å²) in [5.41, 5.74) is 0.415. The molecule has 1 aromatic rings. The summed E-state index contributed by atoms with van der Waals surface area (Å²) in [7, 11) is 3.27. The Hall–Kier alpha value is -2.04. The van der Waals surface area contributed by atoms with Crippen LogP contribution in [-0.2, 0) is 4.79 Å². The van der Waals surface area contributed by atoms with Crippen LogP contribution in [0.5, 0.6) is 11.5 Å². The normalized spacial score (nSPS) is 18.9. The van der Waals surface area contributed by atoms with Gasteiger partial charge in [0.1, 0.15) is 11.5 Å². The average Bonchev–Trinajstić information content (AvgIpc) is 2.70. The molecule has 0 bridgehead atoms. The number of carbonyl (C=O) groups is 2. The molecule has 1 aromatic carbocycles. The molecule has 1 atom stereocenters. The van der Waals surface area contributed by atoms with Crippen molar-refractivity contribution in [3.63, 3.8) is 0 Å². The second-order valence-electron chi connectivity index (χ2n) is 4.18. The third-order valence-corrected chi connectivity index (χ3v) is 3.00. The summed E-state index contributed by atoms with van der Waals surface area (Å²) in [5, 5.41) is 0. The number of benzene rings is 1. The summed E-state index contributed by atoms with van der Waals surface area (Å²) < 4.78 is 10.7. The van der Waals surface area contributed by atoms with Gasteiger partial charge in [0.05, 0.1) is 12.7 Å². The molecule has 0 aromatic heterocycles. The Labute approximate surface area is 105 Å². The van der Waals surface area contributed by atoms with Gasteiger partial charge in [0.25, 0.3) is 5.91 Å². The first-order valence-electron chi connectivity index (χ1n) is 5.70. The van der Waals surface area contributed by atoms with Crippen LogP contribution in [0.3, 0.4) is 0 Å². The number of aldehydes is 1. The Morgan fingerprint density at radius 2 is 2.22 bits per heavy atom. The minimum Gasteiger partial charge on any atom is -0.497 e. The van der Waals surface area contributed by atoms with Crippen molar-refractivity contribution in [1.29, 1.82) is 0 Å². The smallest absolute Gasteiger partial charge is 0.263 e. The molecule has 96 valence electrons. The molecule has 0 N–H and O–H groups in total. The molecular weight excluding hydrogens is 234 g/mol. The van der Waals surface area contributed by atoms with E-state index in [-0.39, 0.29) is 5.91 Å². The molecule has 0 saturated carbocycles. The molecule has 1 heterocycles. The third-order valence-electron chi connectivity index (χ3n) is 3.00. The summed E-state index contributed by atoms with van der Waals surface area (Å²) in [4.78, 5) is 24.3. The number of carbonyl (C=O) groups excluding carboxylic acids is 2. The largest absolute Gasteiger partial charge is 0.497 e. The maximum absolute atomic E-state index is 11.7. The van der Waals surface area contributed by atoms with Gasteiger partial charge < -0.3 is 14.4 Å². The number of likely N-dealkylation sites (N-methyl/N-ethyl adjacent to an activating group) is 1. The van der Waals surface area contributed by atoms with Crippen molar-refractivity contribution in [2.24, 2.45) is 0 Å². The van der Waals surface area contributed by atoms with Crippen LogP contribution in [0.25, 0.3) is 0 Å². The van der Waals surface area contributed by atoms with Crippen molar-refractivity contribution in [2.75, 3.05) is 20.7 Å². The fourth-order valence-corrected chi connectivity index (χ4v) is 1.89. The molecule has 0 radical (unpaired) electrons. The van der Waals surface area contributed by atoms with Crippen LogP contribution in [0, 0.1) is 0 Å². The zero-order chi connectivity index (χ0) is 13.1. The minimum absolute atomic E-state index is 0.0605. The molecule has 0 aliphatic carbocycles.